The van der Waals surface area contributed by atoms with Crippen molar-refractivity contribution in [3.05, 3.63) is 17.7 Å². The topological polar surface area (TPSA) is 27.1 Å². The third kappa shape index (κ3) is 2.84. The Hall–Kier alpha value is -0.830. The first-order chi connectivity index (χ1) is 6.11. The molecule has 0 bridgehead atoms. The van der Waals surface area contributed by atoms with Crippen LogP contribution in [0.25, 0.3) is 0 Å². The van der Waals surface area contributed by atoms with Gasteiger partial charge in [-0.25, -0.2) is 4.98 Å². The number of nitrogens with zero attached hydrogens (tertiary/aromatic N) is 2. The van der Waals surface area contributed by atoms with E-state index >= 15 is 0 Å². The van der Waals surface area contributed by atoms with E-state index in [1.165, 1.54) is 5.69 Å². The highest BCUT2D eigenvalue weighted by Gasteiger charge is 2.01. The van der Waals surface area contributed by atoms with E-state index in [4.69, 9.17) is 4.74 Å². The maximum atomic E-state index is 5.48. The van der Waals surface area contributed by atoms with Crippen molar-refractivity contribution in [2.45, 2.75) is 40.3 Å². The Kier molecular flexibility index (Phi) is 3.48. The molecule has 0 aromatic carbocycles. The summed E-state index contributed by atoms with van der Waals surface area (Å²) in [6.45, 7) is 9.84. The molecule has 1 aromatic rings. The molecular weight excluding hydrogens is 164 g/mol. The molecule has 0 atom stereocenters. The van der Waals surface area contributed by atoms with Gasteiger partial charge in [-0.2, -0.15) is 0 Å². The first-order valence-corrected chi connectivity index (χ1v) is 4.71. The van der Waals surface area contributed by atoms with Crippen LogP contribution in [-0.2, 0) is 11.3 Å². The van der Waals surface area contributed by atoms with Gasteiger partial charge in [0.15, 0.2) is 0 Å². The molecule has 0 aliphatic rings. The Morgan fingerprint density at radius 3 is 2.62 bits per heavy atom. The number of hydrogen-bond acceptors (Lipinski definition) is 2. The fourth-order valence-electron chi connectivity index (χ4n) is 1.30. The van der Waals surface area contributed by atoms with E-state index in [1.807, 2.05) is 27.0 Å². The molecule has 0 aliphatic heterocycles. The van der Waals surface area contributed by atoms with Gasteiger partial charge >= 0.3 is 0 Å². The van der Waals surface area contributed by atoms with Crippen LogP contribution in [0.4, 0.5) is 0 Å². The highest BCUT2D eigenvalue weighted by molar-refractivity contribution is 5.01. The summed E-state index contributed by atoms with van der Waals surface area (Å²) in [5.41, 5.74) is 1.20. The molecule has 0 saturated heterocycles. The zero-order chi connectivity index (χ0) is 9.84. The maximum Gasteiger partial charge on any atom is 0.105 e. The summed E-state index contributed by atoms with van der Waals surface area (Å²) in [6, 6.07) is 0. The molecule has 1 rings (SSSR count). The van der Waals surface area contributed by atoms with Gasteiger partial charge in [0.1, 0.15) is 5.82 Å². The summed E-state index contributed by atoms with van der Waals surface area (Å²) in [7, 11) is 0. The predicted octanol–water partition coefficient (Wildman–Crippen LogP) is 1.92. The van der Waals surface area contributed by atoms with E-state index in [2.05, 4.69) is 16.5 Å². The molecular formula is C10H18N2O. The first-order valence-electron chi connectivity index (χ1n) is 4.71. The van der Waals surface area contributed by atoms with Crippen molar-refractivity contribution in [1.29, 1.82) is 0 Å². The van der Waals surface area contributed by atoms with Crippen LogP contribution in [0.15, 0.2) is 6.20 Å². The highest BCUT2D eigenvalue weighted by Crippen LogP contribution is 2.02. The molecule has 0 fully saturated rings. The van der Waals surface area contributed by atoms with Crippen molar-refractivity contribution < 1.29 is 4.74 Å². The van der Waals surface area contributed by atoms with E-state index in [9.17, 15) is 0 Å². The van der Waals surface area contributed by atoms with Crippen molar-refractivity contribution in [2.24, 2.45) is 0 Å². The lowest BCUT2D eigenvalue weighted by atomic mass is 10.4. The van der Waals surface area contributed by atoms with E-state index in [0.29, 0.717) is 6.10 Å². The summed E-state index contributed by atoms with van der Waals surface area (Å²) < 4.78 is 7.65. The average Bonchev–Trinajstić information content (AvgIpc) is 2.34. The SMILES string of the molecule is Cc1cnc(C)n1CCOC(C)C. The smallest absolute Gasteiger partial charge is 0.105 e. The Bertz CT molecular complexity index is 246. The summed E-state index contributed by atoms with van der Waals surface area (Å²) >= 11 is 0. The van der Waals surface area contributed by atoms with Crippen LogP contribution in [0.1, 0.15) is 25.4 Å². The van der Waals surface area contributed by atoms with Crippen molar-refractivity contribution in [3.63, 3.8) is 0 Å². The summed E-state index contributed by atoms with van der Waals surface area (Å²) in [5.74, 6) is 1.06. The Morgan fingerprint density at radius 1 is 1.46 bits per heavy atom. The number of ether oxygens (including phenoxy) is 1. The number of imidazole rings is 1. The molecule has 0 unspecified atom stereocenters. The summed E-state index contributed by atoms with van der Waals surface area (Å²) in [5, 5.41) is 0. The predicted molar refractivity (Wildman–Crippen MR) is 52.8 cm³/mol. The number of aryl methyl sites for hydroxylation is 2. The minimum atomic E-state index is 0.309. The third-order valence-electron chi connectivity index (χ3n) is 2.02. The lowest BCUT2D eigenvalue weighted by molar-refractivity contribution is 0.0722. The van der Waals surface area contributed by atoms with Gasteiger partial charge in [0.2, 0.25) is 0 Å². The summed E-state index contributed by atoms with van der Waals surface area (Å²) in [6.07, 6.45) is 2.20. The third-order valence-corrected chi connectivity index (χ3v) is 2.02. The van der Waals surface area contributed by atoms with Crippen LogP contribution in [-0.4, -0.2) is 22.3 Å². The normalized spacial score (nSPS) is 11.2. The Labute approximate surface area is 79.7 Å². The lowest BCUT2D eigenvalue weighted by Gasteiger charge is -2.10. The van der Waals surface area contributed by atoms with E-state index in [-0.39, 0.29) is 0 Å². The van der Waals surface area contributed by atoms with Crippen molar-refractivity contribution >= 4 is 0 Å². The van der Waals surface area contributed by atoms with Gasteiger partial charge in [-0.05, 0) is 27.7 Å². The molecule has 3 heteroatoms. The zero-order valence-corrected chi connectivity index (χ0v) is 8.87. The van der Waals surface area contributed by atoms with Gasteiger partial charge in [-0.15, -0.1) is 0 Å². The lowest BCUT2D eigenvalue weighted by Crippen LogP contribution is -2.12. The number of hydrogen-bond donors (Lipinski definition) is 0. The monoisotopic (exact) mass is 182 g/mol. The van der Waals surface area contributed by atoms with Crippen LogP contribution in [0.3, 0.4) is 0 Å². The molecule has 0 aliphatic carbocycles. The number of aromatic nitrogens is 2. The molecule has 0 spiro atoms. The largest absolute Gasteiger partial charge is 0.377 e. The second-order valence-corrected chi connectivity index (χ2v) is 3.52. The Balaban J connectivity index is 2.44. The average molecular weight is 182 g/mol. The van der Waals surface area contributed by atoms with Gasteiger partial charge in [0, 0.05) is 18.4 Å². The van der Waals surface area contributed by atoms with E-state index < -0.39 is 0 Å². The molecule has 0 N–H and O–H groups in total. The minimum absolute atomic E-state index is 0.309. The van der Waals surface area contributed by atoms with Crippen LogP contribution >= 0.6 is 0 Å². The molecule has 74 valence electrons. The molecule has 0 saturated carbocycles. The molecule has 3 nitrogen and oxygen atoms in total. The molecule has 13 heavy (non-hydrogen) atoms. The van der Waals surface area contributed by atoms with Gasteiger partial charge in [0.25, 0.3) is 0 Å². The van der Waals surface area contributed by atoms with Crippen molar-refractivity contribution in [2.75, 3.05) is 6.61 Å². The number of rotatable bonds is 4. The van der Waals surface area contributed by atoms with Crippen LogP contribution in [0.2, 0.25) is 0 Å². The minimum Gasteiger partial charge on any atom is -0.377 e. The fraction of sp³-hybridized carbons (Fsp3) is 0.700. The van der Waals surface area contributed by atoms with Gasteiger partial charge in [0.05, 0.1) is 12.7 Å². The van der Waals surface area contributed by atoms with Crippen LogP contribution in [0.5, 0.6) is 0 Å². The van der Waals surface area contributed by atoms with Gasteiger partial charge in [-0.1, -0.05) is 0 Å². The van der Waals surface area contributed by atoms with E-state index in [0.717, 1.165) is 19.0 Å². The molecule has 0 radical (unpaired) electrons. The summed E-state index contributed by atoms with van der Waals surface area (Å²) in [4.78, 5) is 4.22. The van der Waals surface area contributed by atoms with Crippen molar-refractivity contribution in [3.8, 4) is 0 Å². The molecule has 1 aromatic heterocycles. The second-order valence-electron chi connectivity index (χ2n) is 3.52. The first kappa shape index (κ1) is 10.3. The van der Waals surface area contributed by atoms with Gasteiger partial charge < -0.3 is 9.30 Å². The maximum absolute atomic E-state index is 5.48. The molecule has 1 heterocycles. The van der Waals surface area contributed by atoms with Crippen LogP contribution < -0.4 is 0 Å². The van der Waals surface area contributed by atoms with Gasteiger partial charge in [-0.3, -0.25) is 0 Å². The Morgan fingerprint density at radius 2 is 2.15 bits per heavy atom. The highest BCUT2D eigenvalue weighted by atomic mass is 16.5. The fourth-order valence-corrected chi connectivity index (χ4v) is 1.30. The van der Waals surface area contributed by atoms with Crippen molar-refractivity contribution in [1.82, 2.24) is 9.55 Å². The molecule has 0 amide bonds. The standard InChI is InChI=1S/C10H18N2O/c1-8(2)13-6-5-12-9(3)7-11-10(12)4/h7-8H,5-6H2,1-4H3. The van der Waals surface area contributed by atoms with Crippen LogP contribution in [0, 0.1) is 13.8 Å². The zero-order valence-electron chi connectivity index (χ0n) is 8.87. The second kappa shape index (κ2) is 4.42. The quantitative estimate of drug-likeness (QED) is 0.711. The van der Waals surface area contributed by atoms with E-state index in [1.54, 1.807) is 0 Å².